The van der Waals surface area contributed by atoms with Gasteiger partial charge in [0.2, 0.25) is 5.91 Å². The number of hydrogen-bond acceptors (Lipinski definition) is 7. The summed E-state index contributed by atoms with van der Waals surface area (Å²) in [4.78, 5) is 24.4. The Hall–Kier alpha value is -4.01. The van der Waals surface area contributed by atoms with Gasteiger partial charge in [-0.25, -0.2) is 15.0 Å². The minimum atomic E-state index is -4.91. The molecular weight excluding hydrogens is 427 g/mol. The highest BCUT2D eigenvalue weighted by Gasteiger charge is 2.36. The van der Waals surface area contributed by atoms with E-state index in [1.165, 1.54) is 29.5 Å². The Morgan fingerprint density at radius 1 is 1.25 bits per heavy atom. The number of carbonyl (C=O) groups excluding carboxylic acids is 1. The number of alkyl halides is 3. The van der Waals surface area contributed by atoms with Crippen molar-refractivity contribution in [1.29, 1.82) is 5.26 Å². The number of ether oxygens (including phenoxy) is 1. The van der Waals surface area contributed by atoms with Crippen LogP contribution in [0.5, 0.6) is 5.75 Å². The van der Waals surface area contributed by atoms with Crippen molar-refractivity contribution in [3.05, 3.63) is 59.1 Å². The van der Waals surface area contributed by atoms with Crippen molar-refractivity contribution in [2.75, 3.05) is 0 Å². The van der Waals surface area contributed by atoms with Crippen LogP contribution in [-0.4, -0.2) is 37.0 Å². The summed E-state index contributed by atoms with van der Waals surface area (Å²) in [6.45, 7) is 1.74. The fourth-order valence-electron chi connectivity index (χ4n) is 3.64. The molecule has 0 spiro atoms. The fourth-order valence-corrected chi connectivity index (χ4v) is 3.64. The molecule has 164 valence electrons. The smallest absolute Gasteiger partial charge is 0.406 e. The van der Waals surface area contributed by atoms with E-state index >= 15 is 0 Å². The molecule has 1 amide bonds. The van der Waals surface area contributed by atoms with Gasteiger partial charge in [-0.1, -0.05) is 6.92 Å². The van der Waals surface area contributed by atoms with Gasteiger partial charge in [-0.2, -0.15) is 15.0 Å². The monoisotopic (exact) mass is 443 g/mol. The van der Waals surface area contributed by atoms with Crippen molar-refractivity contribution in [2.45, 2.75) is 38.0 Å². The van der Waals surface area contributed by atoms with E-state index in [0.717, 1.165) is 18.9 Å². The van der Waals surface area contributed by atoms with Crippen LogP contribution in [0.2, 0.25) is 0 Å². The van der Waals surface area contributed by atoms with Crippen molar-refractivity contribution in [3.63, 3.8) is 0 Å². The minimum Gasteiger partial charge on any atom is -0.406 e. The Morgan fingerprint density at radius 2 is 2.00 bits per heavy atom. The lowest BCUT2D eigenvalue weighted by molar-refractivity contribution is -0.274. The fraction of sp³-hybridized carbons (Fsp3) is 0.300. The average Bonchev–Trinajstić information content (AvgIpc) is 3.47. The van der Waals surface area contributed by atoms with Crippen LogP contribution in [0.3, 0.4) is 0 Å². The number of nitriles is 1. The highest BCUT2D eigenvalue weighted by atomic mass is 19.4. The number of rotatable bonds is 6. The number of aromatic nitrogens is 5. The Balaban J connectivity index is 1.84. The Labute approximate surface area is 179 Å². The Kier molecular flexibility index (Phi) is 5.25. The summed E-state index contributed by atoms with van der Waals surface area (Å²) in [5, 5.41) is 13.3. The largest absolute Gasteiger partial charge is 0.573 e. The molecule has 0 radical (unpaired) electrons. The normalized spacial score (nSPS) is 14.6. The van der Waals surface area contributed by atoms with Crippen molar-refractivity contribution in [1.82, 2.24) is 24.7 Å². The maximum absolute atomic E-state index is 12.8. The first kappa shape index (κ1) is 21.2. The van der Waals surface area contributed by atoms with Crippen LogP contribution in [0, 0.1) is 11.3 Å². The van der Waals surface area contributed by atoms with Gasteiger partial charge in [-0.3, -0.25) is 4.79 Å². The summed E-state index contributed by atoms with van der Waals surface area (Å²) < 4.78 is 43.9. The molecule has 1 aromatic carbocycles. The van der Waals surface area contributed by atoms with Gasteiger partial charge in [-0.05, 0) is 42.0 Å². The SMILES string of the molecule is CC(c1c(C(N)=O)cc(OC(F)(F)F)cc1C1CC1)c1ncnn1-c1cc(C#N)ncn1. The highest BCUT2D eigenvalue weighted by Crippen LogP contribution is 2.47. The third-order valence-corrected chi connectivity index (χ3v) is 5.08. The number of carbonyl (C=O) groups is 1. The molecule has 2 heterocycles. The van der Waals surface area contributed by atoms with Gasteiger partial charge in [0.15, 0.2) is 5.82 Å². The van der Waals surface area contributed by atoms with Crippen LogP contribution in [0.15, 0.2) is 30.9 Å². The van der Waals surface area contributed by atoms with Crippen LogP contribution in [0.4, 0.5) is 13.2 Å². The summed E-state index contributed by atoms with van der Waals surface area (Å²) >= 11 is 0. The molecule has 1 aliphatic rings. The molecule has 4 rings (SSSR count). The lowest BCUT2D eigenvalue weighted by Crippen LogP contribution is -2.21. The molecule has 1 atom stereocenters. The van der Waals surface area contributed by atoms with Gasteiger partial charge < -0.3 is 10.5 Å². The lowest BCUT2D eigenvalue weighted by Gasteiger charge is -2.21. The number of nitrogens with zero attached hydrogens (tertiary/aromatic N) is 6. The predicted molar refractivity (Wildman–Crippen MR) is 103 cm³/mol. The third-order valence-electron chi connectivity index (χ3n) is 5.08. The van der Waals surface area contributed by atoms with Crippen LogP contribution in [0.1, 0.15) is 64.6 Å². The van der Waals surface area contributed by atoms with Gasteiger partial charge in [0.25, 0.3) is 0 Å². The Morgan fingerprint density at radius 3 is 2.62 bits per heavy atom. The molecule has 1 unspecified atom stereocenters. The van der Waals surface area contributed by atoms with Crippen LogP contribution in [0.25, 0.3) is 5.82 Å². The molecule has 1 aliphatic carbocycles. The summed E-state index contributed by atoms with van der Waals surface area (Å²) in [5.41, 5.74) is 6.57. The molecule has 0 bridgehead atoms. The third kappa shape index (κ3) is 4.22. The van der Waals surface area contributed by atoms with Crippen LogP contribution >= 0.6 is 0 Å². The molecule has 2 aromatic heterocycles. The second-order valence-corrected chi connectivity index (χ2v) is 7.29. The second kappa shape index (κ2) is 7.92. The summed E-state index contributed by atoms with van der Waals surface area (Å²) in [5.74, 6) is -1.36. The molecule has 32 heavy (non-hydrogen) atoms. The zero-order chi connectivity index (χ0) is 23.0. The van der Waals surface area contributed by atoms with Gasteiger partial charge in [0.1, 0.15) is 36.0 Å². The molecule has 1 saturated carbocycles. The number of hydrogen-bond donors (Lipinski definition) is 1. The van der Waals surface area contributed by atoms with E-state index < -0.39 is 23.9 Å². The minimum absolute atomic E-state index is 0.0250. The van der Waals surface area contributed by atoms with E-state index in [-0.39, 0.29) is 23.0 Å². The number of halogens is 3. The zero-order valence-electron chi connectivity index (χ0n) is 16.7. The maximum Gasteiger partial charge on any atom is 0.573 e. The first-order valence-electron chi connectivity index (χ1n) is 9.53. The lowest BCUT2D eigenvalue weighted by atomic mass is 9.87. The first-order valence-corrected chi connectivity index (χ1v) is 9.53. The van der Waals surface area contributed by atoms with Gasteiger partial charge in [0, 0.05) is 17.5 Å². The predicted octanol–water partition coefficient (Wildman–Crippen LogP) is 2.96. The van der Waals surface area contributed by atoms with Crippen molar-refractivity contribution in [2.24, 2.45) is 5.73 Å². The van der Waals surface area contributed by atoms with Gasteiger partial charge in [-0.15, -0.1) is 13.2 Å². The molecule has 9 nitrogen and oxygen atoms in total. The topological polar surface area (TPSA) is 133 Å². The molecule has 12 heteroatoms. The van der Waals surface area contributed by atoms with Crippen molar-refractivity contribution >= 4 is 5.91 Å². The van der Waals surface area contributed by atoms with E-state index in [1.54, 1.807) is 6.92 Å². The Bertz CT molecular complexity index is 1230. The number of benzene rings is 1. The molecule has 0 saturated heterocycles. The maximum atomic E-state index is 12.8. The average molecular weight is 443 g/mol. The van der Waals surface area contributed by atoms with E-state index in [1.807, 2.05) is 6.07 Å². The van der Waals surface area contributed by atoms with Crippen LogP contribution < -0.4 is 10.5 Å². The van der Waals surface area contributed by atoms with Crippen LogP contribution in [-0.2, 0) is 0 Å². The van der Waals surface area contributed by atoms with E-state index in [4.69, 9.17) is 11.0 Å². The number of nitrogens with two attached hydrogens (primary N) is 1. The van der Waals surface area contributed by atoms with E-state index in [2.05, 4.69) is 24.8 Å². The summed E-state index contributed by atoms with van der Waals surface area (Å²) in [6.07, 6.45) is -0.900. The standard InChI is InChI=1S/C20H16F3N7O2/c1-10(19-28-9-29-30(19)16-4-12(7-24)26-8-27-16)17-14(11-2-3-11)5-13(32-20(21,22)23)6-15(17)18(25)31/h4-6,8-11H,2-3H2,1H3,(H2,25,31). The molecular formula is C20H16F3N7O2. The van der Waals surface area contributed by atoms with Gasteiger partial charge in [0.05, 0.1) is 0 Å². The van der Waals surface area contributed by atoms with Crippen molar-refractivity contribution in [3.8, 4) is 17.6 Å². The van der Waals surface area contributed by atoms with Crippen molar-refractivity contribution < 1.29 is 22.7 Å². The second-order valence-electron chi connectivity index (χ2n) is 7.29. The molecule has 1 fully saturated rings. The highest BCUT2D eigenvalue weighted by molar-refractivity contribution is 5.95. The summed E-state index contributed by atoms with van der Waals surface area (Å²) in [7, 11) is 0. The number of amides is 1. The first-order chi connectivity index (χ1) is 15.2. The summed E-state index contributed by atoms with van der Waals surface area (Å²) in [6, 6.07) is 5.62. The quantitative estimate of drug-likeness (QED) is 0.619. The van der Waals surface area contributed by atoms with Gasteiger partial charge >= 0.3 is 6.36 Å². The molecule has 3 aromatic rings. The molecule has 2 N–H and O–H groups in total. The van der Waals surface area contributed by atoms with E-state index in [0.29, 0.717) is 17.0 Å². The number of primary amides is 1. The van der Waals surface area contributed by atoms with E-state index in [9.17, 15) is 18.0 Å². The molecule has 0 aliphatic heterocycles. The zero-order valence-corrected chi connectivity index (χ0v) is 16.7.